The second-order valence-corrected chi connectivity index (χ2v) is 6.39. The first kappa shape index (κ1) is 16.7. The summed E-state index contributed by atoms with van der Waals surface area (Å²) in [5.74, 6) is -0.270. The van der Waals surface area contributed by atoms with Crippen molar-refractivity contribution in [3.8, 4) is 0 Å². The van der Waals surface area contributed by atoms with Crippen LogP contribution in [0.5, 0.6) is 0 Å². The van der Waals surface area contributed by atoms with Gasteiger partial charge in [-0.2, -0.15) is 5.10 Å². The van der Waals surface area contributed by atoms with E-state index >= 15 is 0 Å². The largest absolute Gasteiger partial charge is 0.390 e. The predicted molar refractivity (Wildman–Crippen MR) is 93.6 cm³/mol. The van der Waals surface area contributed by atoms with Gasteiger partial charge in [-0.05, 0) is 30.5 Å². The molecule has 6 nitrogen and oxygen atoms in total. The number of hydrogen-bond acceptors (Lipinski definition) is 5. The SMILES string of the molecule is CC1C=CC(C(=O)NC[C@H](O)CN2CCc3ccccc3C2)=NN1. The number of aliphatic hydroxyl groups is 1. The molecule has 3 rings (SSSR count). The number of aliphatic hydroxyl groups excluding tert-OH is 1. The fraction of sp³-hybridized carbons (Fsp3) is 0.444. The smallest absolute Gasteiger partial charge is 0.271 e. The Bertz CT molecular complexity index is 656. The van der Waals surface area contributed by atoms with Gasteiger partial charge in [0, 0.05) is 26.2 Å². The first-order valence-corrected chi connectivity index (χ1v) is 8.38. The second-order valence-electron chi connectivity index (χ2n) is 6.39. The van der Waals surface area contributed by atoms with E-state index in [0.717, 1.165) is 19.5 Å². The zero-order chi connectivity index (χ0) is 16.9. The summed E-state index contributed by atoms with van der Waals surface area (Å²) in [5.41, 5.74) is 5.90. The molecule has 2 heterocycles. The number of fused-ring (bicyclic) bond motifs is 1. The van der Waals surface area contributed by atoms with Crippen molar-refractivity contribution in [3.63, 3.8) is 0 Å². The van der Waals surface area contributed by atoms with Crippen molar-refractivity contribution in [2.24, 2.45) is 5.10 Å². The zero-order valence-corrected chi connectivity index (χ0v) is 13.9. The number of hydrazone groups is 1. The predicted octanol–water partition coefficient (Wildman–Crippen LogP) is 0.426. The Balaban J connectivity index is 1.44. The summed E-state index contributed by atoms with van der Waals surface area (Å²) in [7, 11) is 0. The highest BCUT2D eigenvalue weighted by Crippen LogP contribution is 2.18. The van der Waals surface area contributed by atoms with Gasteiger partial charge in [-0.15, -0.1) is 0 Å². The molecule has 0 saturated heterocycles. The number of amides is 1. The fourth-order valence-corrected chi connectivity index (χ4v) is 2.99. The molecule has 1 amide bonds. The van der Waals surface area contributed by atoms with Crippen LogP contribution >= 0.6 is 0 Å². The Morgan fingerprint density at radius 1 is 1.46 bits per heavy atom. The number of nitrogens with zero attached hydrogens (tertiary/aromatic N) is 2. The summed E-state index contributed by atoms with van der Waals surface area (Å²) in [5, 5.41) is 17.0. The Morgan fingerprint density at radius 2 is 2.25 bits per heavy atom. The van der Waals surface area contributed by atoms with Crippen LogP contribution < -0.4 is 10.7 Å². The van der Waals surface area contributed by atoms with Crippen LogP contribution in [-0.2, 0) is 17.8 Å². The van der Waals surface area contributed by atoms with Crippen LogP contribution in [0.4, 0.5) is 0 Å². The molecule has 0 bridgehead atoms. The molecule has 0 aliphatic carbocycles. The molecule has 1 aromatic rings. The van der Waals surface area contributed by atoms with Gasteiger partial charge in [0.2, 0.25) is 0 Å². The summed E-state index contributed by atoms with van der Waals surface area (Å²) in [6.45, 7) is 4.50. The lowest BCUT2D eigenvalue weighted by molar-refractivity contribution is -0.115. The number of nitrogens with one attached hydrogen (secondary N) is 2. The van der Waals surface area contributed by atoms with Crippen molar-refractivity contribution in [1.82, 2.24) is 15.6 Å². The average Bonchev–Trinajstić information content (AvgIpc) is 2.60. The van der Waals surface area contributed by atoms with Crippen LogP contribution in [-0.4, -0.2) is 53.4 Å². The summed E-state index contributed by atoms with van der Waals surface area (Å²) >= 11 is 0. The van der Waals surface area contributed by atoms with E-state index in [1.165, 1.54) is 11.1 Å². The third-order valence-electron chi connectivity index (χ3n) is 4.34. The van der Waals surface area contributed by atoms with Gasteiger partial charge in [0.15, 0.2) is 0 Å². The minimum absolute atomic E-state index is 0.133. The first-order valence-electron chi connectivity index (χ1n) is 8.38. The van der Waals surface area contributed by atoms with E-state index in [2.05, 4.69) is 38.9 Å². The highest BCUT2D eigenvalue weighted by molar-refractivity contribution is 6.43. The molecule has 3 N–H and O–H groups in total. The molecular weight excluding hydrogens is 304 g/mol. The van der Waals surface area contributed by atoms with Gasteiger partial charge >= 0.3 is 0 Å². The minimum atomic E-state index is -0.598. The van der Waals surface area contributed by atoms with E-state index < -0.39 is 6.10 Å². The maximum atomic E-state index is 12.0. The van der Waals surface area contributed by atoms with Crippen LogP contribution in [0.15, 0.2) is 41.5 Å². The molecule has 1 unspecified atom stereocenters. The van der Waals surface area contributed by atoms with Crippen molar-refractivity contribution >= 4 is 11.6 Å². The molecule has 128 valence electrons. The lowest BCUT2D eigenvalue weighted by Crippen LogP contribution is -2.43. The molecular formula is C18H24N4O2. The molecule has 0 spiro atoms. The molecule has 0 radical (unpaired) electrons. The Kier molecular flexibility index (Phi) is 5.27. The molecule has 1 aromatic carbocycles. The monoisotopic (exact) mass is 328 g/mol. The zero-order valence-electron chi connectivity index (χ0n) is 13.9. The highest BCUT2D eigenvalue weighted by Gasteiger charge is 2.19. The molecule has 6 heteroatoms. The minimum Gasteiger partial charge on any atom is -0.390 e. The van der Waals surface area contributed by atoms with Crippen LogP contribution in [0, 0.1) is 0 Å². The van der Waals surface area contributed by atoms with Crippen LogP contribution in [0.1, 0.15) is 18.1 Å². The maximum Gasteiger partial charge on any atom is 0.271 e. The number of β-amino-alcohol motifs (C(OH)–C–C–N with tert-alkyl or cyclic N) is 1. The van der Waals surface area contributed by atoms with E-state index in [-0.39, 0.29) is 18.5 Å². The van der Waals surface area contributed by atoms with Crippen LogP contribution in [0.2, 0.25) is 0 Å². The van der Waals surface area contributed by atoms with E-state index in [1.54, 1.807) is 6.08 Å². The van der Waals surface area contributed by atoms with Crippen molar-refractivity contribution in [2.75, 3.05) is 19.6 Å². The molecule has 2 aliphatic heterocycles. The fourth-order valence-electron chi connectivity index (χ4n) is 2.99. The van der Waals surface area contributed by atoms with Crippen molar-refractivity contribution in [1.29, 1.82) is 0 Å². The third kappa shape index (κ3) is 4.21. The second kappa shape index (κ2) is 7.59. The van der Waals surface area contributed by atoms with Crippen molar-refractivity contribution in [3.05, 3.63) is 47.5 Å². The molecule has 0 saturated carbocycles. The van der Waals surface area contributed by atoms with E-state index in [9.17, 15) is 9.90 Å². The van der Waals surface area contributed by atoms with E-state index in [1.807, 2.05) is 19.1 Å². The topological polar surface area (TPSA) is 77.0 Å². The van der Waals surface area contributed by atoms with Crippen LogP contribution in [0.3, 0.4) is 0 Å². The first-order chi connectivity index (χ1) is 11.6. The molecule has 0 aromatic heterocycles. The van der Waals surface area contributed by atoms with Gasteiger partial charge in [-0.3, -0.25) is 9.69 Å². The van der Waals surface area contributed by atoms with Gasteiger partial charge < -0.3 is 15.8 Å². The average molecular weight is 328 g/mol. The summed E-state index contributed by atoms with van der Waals surface area (Å²) < 4.78 is 0. The van der Waals surface area contributed by atoms with Gasteiger partial charge in [-0.1, -0.05) is 30.3 Å². The summed E-state index contributed by atoms with van der Waals surface area (Å²) in [6, 6.07) is 8.55. The molecule has 24 heavy (non-hydrogen) atoms. The Morgan fingerprint density at radius 3 is 3.00 bits per heavy atom. The number of carbonyl (C=O) groups is 1. The van der Waals surface area contributed by atoms with Gasteiger partial charge in [0.1, 0.15) is 5.71 Å². The summed E-state index contributed by atoms with van der Waals surface area (Å²) in [4.78, 5) is 14.2. The highest BCUT2D eigenvalue weighted by atomic mass is 16.3. The lowest BCUT2D eigenvalue weighted by atomic mass is 10.00. The number of carbonyl (C=O) groups excluding carboxylic acids is 1. The number of benzene rings is 1. The van der Waals surface area contributed by atoms with Crippen molar-refractivity contribution in [2.45, 2.75) is 32.0 Å². The number of hydrogen-bond donors (Lipinski definition) is 3. The number of rotatable bonds is 5. The standard InChI is InChI=1S/C18H24N4O2/c1-13-6-7-17(21-20-13)18(24)19-10-16(23)12-22-9-8-14-4-2-3-5-15(14)11-22/h2-7,13,16,20,23H,8-12H2,1H3,(H,19,24)/t13?,16-/m0/s1. The molecule has 0 fully saturated rings. The summed E-state index contributed by atoms with van der Waals surface area (Å²) in [6.07, 6.45) is 3.98. The molecule has 2 aliphatic rings. The normalized spacial score (nSPS) is 21.4. The maximum absolute atomic E-state index is 12.0. The van der Waals surface area contributed by atoms with E-state index in [4.69, 9.17) is 0 Å². The Labute approximate surface area is 142 Å². The van der Waals surface area contributed by atoms with Crippen LogP contribution in [0.25, 0.3) is 0 Å². The van der Waals surface area contributed by atoms with Gasteiger partial charge in [0.25, 0.3) is 5.91 Å². The lowest BCUT2D eigenvalue weighted by Gasteiger charge is -2.30. The molecule has 2 atom stereocenters. The van der Waals surface area contributed by atoms with Gasteiger partial charge in [0.05, 0.1) is 12.1 Å². The Hall–Kier alpha value is -2.18. The third-order valence-corrected chi connectivity index (χ3v) is 4.34. The van der Waals surface area contributed by atoms with Crippen molar-refractivity contribution < 1.29 is 9.90 Å². The van der Waals surface area contributed by atoms with E-state index in [0.29, 0.717) is 12.3 Å². The quantitative estimate of drug-likeness (QED) is 0.732. The van der Waals surface area contributed by atoms with Gasteiger partial charge in [-0.25, -0.2) is 0 Å².